The van der Waals surface area contributed by atoms with Crippen molar-refractivity contribution in [1.29, 1.82) is 0 Å². The quantitative estimate of drug-likeness (QED) is 0.617. The Labute approximate surface area is 75.1 Å². The predicted molar refractivity (Wildman–Crippen MR) is 47.9 cm³/mol. The first-order valence-corrected chi connectivity index (χ1v) is 4.70. The third-order valence-electron chi connectivity index (χ3n) is 2.26. The number of rotatable bonds is 0. The number of allylic oxidation sites excluding steroid dienone is 2. The zero-order valence-corrected chi connectivity index (χ0v) is 8.30. The van der Waals surface area contributed by atoms with Crippen LogP contribution in [-0.2, 0) is 0 Å². The van der Waals surface area contributed by atoms with E-state index in [-0.39, 0.29) is 22.3 Å². The van der Waals surface area contributed by atoms with Crippen LogP contribution in [0.3, 0.4) is 0 Å². The molecule has 0 saturated carbocycles. The maximum absolute atomic E-state index is 9.33. The van der Waals surface area contributed by atoms with Crippen LogP contribution >= 0.6 is 15.9 Å². The highest BCUT2D eigenvalue weighted by Crippen LogP contribution is 2.35. The Morgan fingerprint density at radius 1 is 1.36 bits per heavy atom. The second-order valence-corrected chi connectivity index (χ2v) is 4.30. The number of aliphatic hydroxyl groups is 2. The van der Waals surface area contributed by atoms with Crippen LogP contribution in [0, 0.1) is 11.8 Å². The maximum atomic E-state index is 9.33. The van der Waals surface area contributed by atoms with Crippen LogP contribution in [0.5, 0.6) is 0 Å². The van der Waals surface area contributed by atoms with Crippen molar-refractivity contribution in [2.24, 2.45) is 11.8 Å². The normalized spacial score (nSPS) is 39.4. The van der Waals surface area contributed by atoms with Gasteiger partial charge in [0.05, 0.1) is 0 Å². The van der Waals surface area contributed by atoms with Crippen molar-refractivity contribution >= 4 is 15.9 Å². The van der Waals surface area contributed by atoms with E-state index in [4.69, 9.17) is 0 Å². The molecule has 0 radical (unpaired) electrons. The van der Waals surface area contributed by atoms with Crippen molar-refractivity contribution in [2.75, 3.05) is 0 Å². The average molecular weight is 221 g/mol. The molecule has 0 heterocycles. The van der Waals surface area contributed by atoms with E-state index in [1.165, 1.54) is 0 Å². The number of hydrogen-bond acceptors (Lipinski definition) is 2. The second-order valence-electron chi connectivity index (χ2n) is 3.25. The minimum absolute atomic E-state index is 0.0266. The molecule has 1 aliphatic rings. The van der Waals surface area contributed by atoms with Gasteiger partial charge in [0.1, 0.15) is 11.5 Å². The topological polar surface area (TPSA) is 40.5 Å². The molecule has 1 aliphatic carbocycles. The fraction of sp³-hybridized carbons (Fsp3) is 0.750. The molecule has 64 valence electrons. The van der Waals surface area contributed by atoms with Crippen LogP contribution < -0.4 is 0 Å². The van der Waals surface area contributed by atoms with E-state index < -0.39 is 0 Å². The molecule has 0 fully saturated rings. The fourth-order valence-corrected chi connectivity index (χ4v) is 1.87. The van der Waals surface area contributed by atoms with Crippen LogP contribution in [0.25, 0.3) is 0 Å². The molecule has 0 spiro atoms. The number of aliphatic hydroxyl groups excluding tert-OH is 2. The Balaban J connectivity index is 2.86. The van der Waals surface area contributed by atoms with Gasteiger partial charge in [0.15, 0.2) is 0 Å². The van der Waals surface area contributed by atoms with E-state index in [9.17, 15) is 10.2 Å². The summed E-state index contributed by atoms with van der Waals surface area (Å²) in [5, 5.41) is 18.6. The van der Waals surface area contributed by atoms with Crippen LogP contribution in [0.15, 0.2) is 11.5 Å². The number of alkyl halides is 1. The van der Waals surface area contributed by atoms with Gasteiger partial charge in [-0.3, -0.25) is 0 Å². The molecule has 0 aromatic carbocycles. The van der Waals surface area contributed by atoms with E-state index in [0.717, 1.165) is 0 Å². The van der Waals surface area contributed by atoms with Crippen molar-refractivity contribution in [2.45, 2.75) is 25.1 Å². The van der Waals surface area contributed by atoms with Gasteiger partial charge in [-0.05, 0) is 5.92 Å². The van der Waals surface area contributed by atoms with Crippen LogP contribution in [0.1, 0.15) is 20.3 Å². The van der Waals surface area contributed by atoms with Gasteiger partial charge in [-0.15, -0.1) is 0 Å². The lowest BCUT2D eigenvalue weighted by Crippen LogP contribution is -2.27. The van der Waals surface area contributed by atoms with E-state index in [0.29, 0.717) is 12.3 Å². The van der Waals surface area contributed by atoms with Crippen molar-refractivity contribution in [3.63, 3.8) is 0 Å². The summed E-state index contributed by atoms with van der Waals surface area (Å²) in [6.07, 6.45) is 0.575. The molecule has 3 unspecified atom stereocenters. The van der Waals surface area contributed by atoms with E-state index in [1.54, 1.807) is 0 Å². The summed E-state index contributed by atoms with van der Waals surface area (Å²) in [5.74, 6) is 0.713. The van der Waals surface area contributed by atoms with Crippen molar-refractivity contribution in [3.05, 3.63) is 11.5 Å². The highest BCUT2D eigenvalue weighted by Gasteiger charge is 2.31. The van der Waals surface area contributed by atoms with Gasteiger partial charge in [0, 0.05) is 17.2 Å². The lowest BCUT2D eigenvalue weighted by Gasteiger charge is -2.29. The van der Waals surface area contributed by atoms with Gasteiger partial charge in [-0.25, -0.2) is 0 Å². The van der Waals surface area contributed by atoms with Gasteiger partial charge < -0.3 is 10.2 Å². The van der Waals surface area contributed by atoms with E-state index in [2.05, 4.69) is 22.9 Å². The Morgan fingerprint density at radius 2 is 1.91 bits per heavy atom. The molecule has 0 aliphatic heterocycles. The molecule has 2 nitrogen and oxygen atoms in total. The van der Waals surface area contributed by atoms with Crippen molar-refractivity contribution < 1.29 is 10.2 Å². The predicted octanol–water partition coefficient (Wildman–Crippen LogP) is 2.75. The number of hydrogen-bond donors (Lipinski definition) is 2. The molecule has 0 aromatic rings. The lowest BCUT2D eigenvalue weighted by atomic mass is 9.86. The summed E-state index contributed by atoms with van der Waals surface area (Å²) < 4.78 is 0. The molecule has 0 amide bonds. The minimum Gasteiger partial charge on any atom is -0.509 e. The molecular formula is C8H13BrO2. The standard InChI is InChI=1S/C8H13BrO2/c1-4-3-6(10)8(11)5(2)7(4)9/h4-5,7,10-11H,3H2,1-2H3. The average Bonchev–Trinajstić information content (AvgIpc) is 1.97. The summed E-state index contributed by atoms with van der Waals surface area (Å²) in [6.45, 7) is 3.96. The molecule has 3 atom stereocenters. The van der Waals surface area contributed by atoms with E-state index >= 15 is 0 Å². The first kappa shape index (κ1) is 8.91. The molecular weight excluding hydrogens is 208 g/mol. The summed E-state index contributed by atoms with van der Waals surface area (Å²) >= 11 is 3.48. The van der Waals surface area contributed by atoms with Crippen LogP contribution in [-0.4, -0.2) is 15.0 Å². The highest BCUT2D eigenvalue weighted by molar-refractivity contribution is 9.09. The first-order chi connectivity index (χ1) is 5.04. The lowest BCUT2D eigenvalue weighted by molar-refractivity contribution is 0.218. The first-order valence-electron chi connectivity index (χ1n) is 3.79. The van der Waals surface area contributed by atoms with Crippen LogP contribution in [0.2, 0.25) is 0 Å². The molecule has 0 aromatic heterocycles. The Kier molecular flexibility index (Phi) is 2.47. The zero-order valence-electron chi connectivity index (χ0n) is 6.71. The monoisotopic (exact) mass is 220 g/mol. The van der Waals surface area contributed by atoms with Gasteiger partial charge in [0.25, 0.3) is 0 Å². The van der Waals surface area contributed by atoms with Gasteiger partial charge in [-0.1, -0.05) is 29.8 Å². The molecule has 2 N–H and O–H groups in total. The van der Waals surface area contributed by atoms with Gasteiger partial charge in [-0.2, -0.15) is 0 Å². The smallest absolute Gasteiger partial charge is 0.133 e. The molecule has 11 heavy (non-hydrogen) atoms. The summed E-state index contributed by atoms with van der Waals surface area (Å²) in [6, 6.07) is 0. The Morgan fingerprint density at radius 3 is 2.45 bits per heavy atom. The minimum atomic E-state index is 0.0266. The molecule has 3 heteroatoms. The highest BCUT2D eigenvalue weighted by atomic mass is 79.9. The molecule has 1 rings (SSSR count). The molecule has 0 saturated heterocycles. The summed E-state index contributed by atoms with van der Waals surface area (Å²) in [7, 11) is 0. The number of halogens is 1. The van der Waals surface area contributed by atoms with Crippen LogP contribution in [0.4, 0.5) is 0 Å². The third-order valence-corrected chi connectivity index (χ3v) is 3.96. The van der Waals surface area contributed by atoms with Crippen molar-refractivity contribution in [1.82, 2.24) is 0 Å². The fourth-order valence-electron chi connectivity index (χ4n) is 1.43. The third kappa shape index (κ3) is 1.53. The SMILES string of the molecule is CC1CC(O)=C(O)C(C)C1Br. The largest absolute Gasteiger partial charge is 0.509 e. The van der Waals surface area contributed by atoms with Gasteiger partial charge in [0.2, 0.25) is 0 Å². The second kappa shape index (κ2) is 3.05. The maximum Gasteiger partial charge on any atom is 0.133 e. The van der Waals surface area contributed by atoms with Gasteiger partial charge >= 0.3 is 0 Å². The summed E-state index contributed by atoms with van der Waals surface area (Å²) in [5.41, 5.74) is 0. The van der Waals surface area contributed by atoms with Crippen molar-refractivity contribution in [3.8, 4) is 0 Å². The Bertz CT molecular complexity index is 189. The van der Waals surface area contributed by atoms with E-state index in [1.807, 2.05) is 6.92 Å². The Hall–Kier alpha value is -0.180. The molecule has 0 bridgehead atoms. The zero-order chi connectivity index (χ0) is 8.59. The summed E-state index contributed by atoms with van der Waals surface area (Å²) in [4.78, 5) is 0.276.